The predicted molar refractivity (Wildman–Crippen MR) is 69.8 cm³/mol. The largest absolute Gasteiger partial charge is 0.341 e. The lowest BCUT2D eigenvalue weighted by Crippen LogP contribution is -2.36. The molecule has 0 unspecified atom stereocenters. The second-order valence-corrected chi connectivity index (χ2v) is 6.69. The van der Waals surface area contributed by atoms with Gasteiger partial charge in [0.2, 0.25) is 15.9 Å². The van der Waals surface area contributed by atoms with E-state index >= 15 is 0 Å². The molecule has 6 nitrogen and oxygen atoms in total. The first-order valence-corrected chi connectivity index (χ1v) is 7.70. The fourth-order valence-electron chi connectivity index (χ4n) is 2.04. The Labute approximate surface area is 117 Å². The lowest BCUT2D eigenvalue weighted by molar-refractivity contribution is -0.127. The lowest BCUT2D eigenvalue weighted by atomic mass is 10.4. The van der Waals surface area contributed by atoms with Crippen LogP contribution in [0.25, 0.3) is 0 Å². The third-order valence-corrected chi connectivity index (χ3v) is 5.07. The minimum absolute atomic E-state index is 0.0446. The van der Waals surface area contributed by atoms with Gasteiger partial charge in [-0.05, 0) is 12.5 Å². The van der Waals surface area contributed by atoms with Crippen LogP contribution in [0, 0.1) is 5.82 Å². The Morgan fingerprint density at radius 3 is 2.80 bits per heavy atom. The van der Waals surface area contributed by atoms with E-state index in [0.29, 0.717) is 19.5 Å². The van der Waals surface area contributed by atoms with E-state index in [2.05, 4.69) is 4.98 Å². The Kier molecular flexibility index (Phi) is 4.34. The van der Waals surface area contributed by atoms with Crippen LogP contribution in [0.4, 0.5) is 4.39 Å². The molecule has 1 aliphatic rings. The molecule has 1 aliphatic heterocycles. The van der Waals surface area contributed by atoms with Crippen molar-refractivity contribution in [3.8, 4) is 0 Å². The van der Waals surface area contributed by atoms with Crippen LogP contribution in [0.2, 0.25) is 0 Å². The quantitative estimate of drug-likeness (QED) is 0.792. The first-order valence-electron chi connectivity index (χ1n) is 6.26. The topological polar surface area (TPSA) is 70.6 Å². The molecule has 1 amide bonds. The molecule has 1 saturated heterocycles. The van der Waals surface area contributed by atoms with Crippen molar-refractivity contribution in [2.24, 2.45) is 0 Å². The SMILES string of the molecule is CN(CCN1CCCC1=O)S(=O)(=O)c1cncc(F)c1. The number of likely N-dealkylation sites (N-methyl/N-ethyl adjacent to an activating group) is 1. The average Bonchev–Trinajstić information content (AvgIpc) is 2.81. The summed E-state index contributed by atoms with van der Waals surface area (Å²) in [6.07, 6.45) is 3.38. The molecule has 1 fully saturated rings. The number of carbonyl (C=O) groups is 1. The molecule has 8 heteroatoms. The van der Waals surface area contributed by atoms with Gasteiger partial charge in [-0.3, -0.25) is 9.78 Å². The number of carbonyl (C=O) groups excluding carboxylic acids is 1. The Bertz CT molecular complexity index is 606. The summed E-state index contributed by atoms with van der Waals surface area (Å²) in [4.78, 5) is 16.4. The molecule has 0 bridgehead atoms. The van der Waals surface area contributed by atoms with Gasteiger partial charge in [0.15, 0.2) is 0 Å². The molecule has 1 aromatic heterocycles. The predicted octanol–water partition coefficient (Wildman–Crippen LogP) is 0.464. The van der Waals surface area contributed by atoms with Gasteiger partial charge in [0.25, 0.3) is 0 Å². The molecule has 2 rings (SSSR count). The van der Waals surface area contributed by atoms with Crippen molar-refractivity contribution in [2.75, 3.05) is 26.7 Å². The molecule has 0 aromatic carbocycles. The van der Waals surface area contributed by atoms with Crippen LogP contribution >= 0.6 is 0 Å². The number of likely N-dealkylation sites (tertiary alicyclic amines) is 1. The van der Waals surface area contributed by atoms with Gasteiger partial charge < -0.3 is 4.90 Å². The van der Waals surface area contributed by atoms with Crippen molar-refractivity contribution < 1.29 is 17.6 Å². The van der Waals surface area contributed by atoms with Crippen LogP contribution in [0.1, 0.15) is 12.8 Å². The number of sulfonamides is 1. The summed E-state index contributed by atoms with van der Waals surface area (Å²) in [6.45, 7) is 1.18. The van der Waals surface area contributed by atoms with Gasteiger partial charge in [-0.15, -0.1) is 0 Å². The highest BCUT2D eigenvalue weighted by Gasteiger charge is 2.25. The van der Waals surface area contributed by atoms with Crippen molar-refractivity contribution in [1.29, 1.82) is 0 Å². The third-order valence-electron chi connectivity index (χ3n) is 3.24. The highest BCUT2D eigenvalue weighted by molar-refractivity contribution is 7.89. The summed E-state index contributed by atoms with van der Waals surface area (Å²) >= 11 is 0. The fraction of sp³-hybridized carbons (Fsp3) is 0.500. The van der Waals surface area contributed by atoms with Crippen molar-refractivity contribution >= 4 is 15.9 Å². The Morgan fingerprint density at radius 2 is 2.20 bits per heavy atom. The zero-order valence-electron chi connectivity index (χ0n) is 11.1. The summed E-state index contributed by atoms with van der Waals surface area (Å²) in [7, 11) is -2.37. The van der Waals surface area contributed by atoms with Crippen LogP contribution in [0.3, 0.4) is 0 Å². The van der Waals surface area contributed by atoms with Crippen molar-refractivity contribution in [3.05, 3.63) is 24.3 Å². The smallest absolute Gasteiger partial charge is 0.244 e. The van der Waals surface area contributed by atoms with Crippen molar-refractivity contribution in [1.82, 2.24) is 14.2 Å². The van der Waals surface area contributed by atoms with E-state index in [4.69, 9.17) is 0 Å². The Hall–Kier alpha value is -1.54. The van der Waals surface area contributed by atoms with Crippen LogP contribution in [-0.4, -0.2) is 55.2 Å². The molecule has 1 aromatic rings. The maximum atomic E-state index is 13.0. The molecule has 0 radical (unpaired) electrons. The molecule has 0 N–H and O–H groups in total. The normalized spacial score (nSPS) is 16.1. The van der Waals surface area contributed by atoms with Crippen molar-refractivity contribution in [2.45, 2.75) is 17.7 Å². The summed E-state index contributed by atoms with van der Waals surface area (Å²) in [5.74, 6) is -0.655. The Balaban J connectivity index is 2.04. The van der Waals surface area contributed by atoms with Crippen LogP contribution in [0.5, 0.6) is 0 Å². The molecule has 0 spiro atoms. The van der Waals surface area contributed by atoms with Gasteiger partial charge in [0.05, 0.1) is 6.20 Å². The summed E-state index contributed by atoms with van der Waals surface area (Å²) < 4.78 is 38.5. The molecular formula is C12H16FN3O3S. The average molecular weight is 301 g/mol. The van der Waals surface area contributed by atoms with Gasteiger partial charge in [-0.1, -0.05) is 0 Å². The fourth-order valence-corrected chi connectivity index (χ4v) is 3.17. The molecule has 20 heavy (non-hydrogen) atoms. The third kappa shape index (κ3) is 3.13. The van der Waals surface area contributed by atoms with Crippen LogP contribution < -0.4 is 0 Å². The number of nitrogens with zero attached hydrogens (tertiary/aromatic N) is 3. The number of rotatable bonds is 5. The van der Waals surface area contributed by atoms with Gasteiger partial charge >= 0.3 is 0 Å². The van der Waals surface area contributed by atoms with Gasteiger partial charge in [0.1, 0.15) is 10.7 Å². The monoisotopic (exact) mass is 301 g/mol. The maximum Gasteiger partial charge on any atom is 0.244 e. The van der Waals surface area contributed by atoms with Gasteiger partial charge in [0, 0.05) is 39.3 Å². The zero-order valence-corrected chi connectivity index (χ0v) is 11.9. The first kappa shape index (κ1) is 14.9. The molecule has 0 aliphatic carbocycles. The van der Waals surface area contributed by atoms with Gasteiger partial charge in [-0.25, -0.2) is 12.8 Å². The summed E-state index contributed by atoms with van der Waals surface area (Å²) in [5.41, 5.74) is 0. The van der Waals surface area contributed by atoms with Crippen LogP contribution in [-0.2, 0) is 14.8 Å². The zero-order chi connectivity index (χ0) is 14.8. The highest BCUT2D eigenvalue weighted by atomic mass is 32.2. The summed E-state index contributed by atoms with van der Waals surface area (Å²) in [6, 6.07) is 0.930. The van der Waals surface area contributed by atoms with E-state index < -0.39 is 15.8 Å². The Morgan fingerprint density at radius 1 is 1.45 bits per heavy atom. The summed E-state index contributed by atoms with van der Waals surface area (Å²) in [5, 5.41) is 0. The van der Waals surface area contributed by atoms with Crippen LogP contribution in [0.15, 0.2) is 23.4 Å². The molecule has 0 saturated carbocycles. The molecular weight excluding hydrogens is 285 g/mol. The van der Waals surface area contributed by atoms with E-state index in [1.54, 1.807) is 4.90 Å². The first-order chi connectivity index (χ1) is 9.41. The minimum atomic E-state index is -3.78. The van der Waals surface area contributed by atoms with E-state index in [1.165, 1.54) is 7.05 Å². The maximum absolute atomic E-state index is 13.0. The minimum Gasteiger partial charge on any atom is -0.341 e. The van der Waals surface area contributed by atoms with Gasteiger partial charge in [-0.2, -0.15) is 4.31 Å². The number of aromatic nitrogens is 1. The van der Waals surface area contributed by atoms with E-state index in [0.717, 1.165) is 29.2 Å². The standard InChI is InChI=1S/C12H16FN3O3S/c1-15(5-6-16-4-2-3-12(16)17)20(18,19)11-7-10(13)8-14-9-11/h7-9H,2-6H2,1H3. The van der Waals surface area contributed by atoms with E-state index in [-0.39, 0.29) is 17.3 Å². The van der Waals surface area contributed by atoms with E-state index in [9.17, 15) is 17.6 Å². The molecule has 110 valence electrons. The number of amides is 1. The molecule has 0 atom stereocenters. The second-order valence-electron chi connectivity index (χ2n) is 4.65. The number of hydrogen-bond acceptors (Lipinski definition) is 4. The number of pyridine rings is 1. The lowest BCUT2D eigenvalue weighted by Gasteiger charge is -2.21. The second kappa shape index (κ2) is 5.84. The van der Waals surface area contributed by atoms with E-state index in [1.807, 2.05) is 0 Å². The van der Waals surface area contributed by atoms with Crippen molar-refractivity contribution in [3.63, 3.8) is 0 Å². The number of hydrogen-bond donors (Lipinski definition) is 0. The number of halogens is 1. The molecule has 2 heterocycles. The highest BCUT2D eigenvalue weighted by Crippen LogP contribution is 2.15.